The molecule has 0 atom stereocenters. The first kappa shape index (κ1) is 69.9. The number of para-hydroxylation sites is 5. The van der Waals surface area contributed by atoms with Crippen LogP contribution in [-0.4, -0.2) is 64.2 Å². The van der Waals surface area contributed by atoms with E-state index in [1.165, 1.54) is 0 Å². The van der Waals surface area contributed by atoms with E-state index in [0.29, 0.717) is 29.8 Å². The smallest absolute Gasteiger partial charge is 0.537 e. The Morgan fingerprint density at radius 2 is 0.615 bits per heavy atom. The Bertz CT molecular complexity index is 5080. The van der Waals surface area contributed by atoms with Crippen LogP contribution in [0.15, 0.2) is 285 Å². The van der Waals surface area contributed by atoms with Gasteiger partial charge in [0, 0.05) is 48.7 Å². The van der Waals surface area contributed by atoms with Crippen molar-refractivity contribution in [1.29, 1.82) is 0 Å². The zero-order valence-electron chi connectivity index (χ0n) is 54.9. The number of benzene rings is 12. The van der Waals surface area contributed by atoms with E-state index in [2.05, 4.69) is 54.6 Å². The summed E-state index contributed by atoms with van der Waals surface area (Å²) in [6.07, 6.45) is 0. The Balaban J connectivity index is 0.000000145. The summed E-state index contributed by atoms with van der Waals surface area (Å²) >= 11 is 0. The average molecular weight is 1270 g/mol. The lowest BCUT2D eigenvalue weighted by molar-refractivity contribution is 0.424. The molecule has 0 aliphatic carbocycles. The van der Waals surface area contributed by atoms with Crippen LogP contribution in [0.1, 0.15) is 55.4 Å². The van der Waals surface area contributed by atoms with Crippen molar-refractivity contribution in [3.8, 4) is 50.3 Å². The molecule has 0 aliphatic heterocycles. The van der Waals surface area contributed by atoms with Crippen LogP contribution in [-0.2, 0) is 0 Å². The Kier molecular flexibility index (Phi) is 24.5. The van der Waals surface area contributed by atoms with Gasteiger partial charge in [-0.15, -0.1) is 0 Å². The summed E-state index contributed by atoms with van der Waals surface area (Å²) < 4.78 is 28.6. The Labute approximate surface area is 560 Å². The molecule has 0 bridgehead atoms. The average Bonchev–Trinajstić information content (AvgIpc) is 1.63. The third-order valence-electron chi connectivity index (χ3n) is 15.5. The van der Waals surface area contributed by atoms with Crippen molar-refractivity contribution in [3.63, 3.8) is 0 Å². The number of furan rings is 4. The van der Waals surface area contributed by atoms with Gasteiger partial charge in [-0.25, -0.2) is 0 Å². The highest BCUT2D eigenvalue weighted by molar-refractivity contribution is 6.59. The number of hydrogen-bond donors (Lipinski definition) is 7. The minimum absolute atomic E-state index is 0.473. The van der Waals surface area contributed by atoms with Crippen molar-refractivity contribution in [3.05, 3.63) is 267 Å². The first-order valence-electron chi connectivity index (χ1n) is 32.3. The van der Waals surface area contributed by atoms with Gasteiger partial charge in [-0.3, -0.25) is 0 Å². The molecule has 16 heteroatoms. The van der Waals surface area contributed by atoms with E-state index in [-0.39, 0.29) is 0 Å². The lowest BCUT2D eigenvalue weighted by Crippen LogP contribution is -2.29. The van der Waals surface area contributed by atoms with E-state index in [0.717, 1.165) is 132 Å². The highest BCUT2D eigenvalue weighted by Gasteiger charge is 2.17. The van der Waals surface area contributed by atoms with Crippen molar-refractivity contribution in [2.45, 2.75) is 55.4 Å². The lowest BCUT2D eigenvalue weighted by Gasteiger charge is -2.06. The molecule has 0 fully saturated rings. The second-order valence-corrected chi connectivity index (χ2v) is 20.9. The van der Waals surface area contributed by atoms with Crippen LogP contribution in [0, 0.1) is 0 Å². The normalized spacial score (nSPS) is 10.4. The molecule has 4 heterocycles. The topological polar surface area (TPSA) is 203 Å². The molecule has 0 aliphatic rings. The fourth-order valence-corrected chi connectivity index (χ4v) is 11.1. The summed E-state index contributed by atoms with van der Waals surface area (Å²) in [6.45, 7) is 16.0. The second-order valence-electron chi connectivity index (χ2n) is 20.9. The fraction of sp³-hybridized carbons (Fsp3) is 0.100. The minimum atomic E-state index is -1.45. The van der Waals surface area contributed by atoms with E-state index < -0.39 is 21.4 Å². The summed E-state index contributed by atoms with van der Waals surface area (Å²) in [7, 11) is -3.64. The van der Waals surface area contributed by atoms with Crippen LogP contribution in [0.25, 0.3) is 132 Å². The monoisotopic (exact) mass is 1270 g/mol. The first-order valence-corrected chi connectivity index (χ1v) is 32.3. The third kappa shape index (κ3) is 15.7. The van der Waals surface area contributed by atoms with Gasteiger partial charge >= 0.3 is 29.0 Å². The van der Waals surface area contributed by atoms with Gasteiger partial charge in [0.05, 0.1) is 0 Å². The molecule has 16 rings (SSSR count). The van der Waals surface area contributed by atoms with Crippen LogP contribution in [0.5, 0.6) is 5.75 Å². The number of rotatable bonds is 9. The van der Waals surface area contributed by atoms with E-state index in [1.807, 2.05) is 231 Å². The zero-order valence-corrected chi connectivity index (χ0v) is 54.9. The summed E-state index contributed by atoms with van der Waals surface area (Å²) in [4.78, 5) is 0. The van der Waals surface area contributed by atoms with Crippen LogP contribution >= 0.6 is 0 Å². The molecule has 16 aromatic rings. The van der Waals surface area contributed by atoms with Crippen molar-refractivity contribution >= 4 is 133 Å². The Morgan fingerprint density at radius 3 is 1.15 bits per heavy atom. The third-order valence-corrected chi connectivity index (χ3v) is 15.5. The first-order chi connectivity index (χ1) is 47.0. The molecule has 96 heavy (non-hydrogen) atoms. The molecule has 0 saturated heterocycles. The van der Waals surface area contributed by atoms with Gasteiger partial charge in [-0.1, -0.05) is 256 Å². The van der Waals surface area contributed by atoms with Gasteiger partial charge in [0.25, 0.3) is 0 Å². The van der Waals surface area contributed by atoms with Gasteiger partial charge in [0.2, 0.25) is 0 Å². The van der Waals surface area contributed by atoms with Gasteiger partial charge in [-0.05, 0) is 122 Å². The minimum Gasteiger partial charge on any atom is -0.537 e. The molecular formula is C80H75B4O12. The molecule has 0 saturated carbocycles. The second kappa shape index (κ2) is 33.6. The summed E-state index contributed by atoms with van der Waals surface area (Å²) in [6, 6.07) is 85.4. The Hall–Kier alpha value is -10.4. The SMILES string of the molecule is CC.CC.CC.CC.OB(O)c1ccc(-c2ccc3c(c2)oc2ccccc23)cc1.OB(O)c1ccc(-c2ccc3oc4ccccc4c3c2)cc1.OB(O)c1ccc(-c2cccc3c2oc2ccccc23)cc1.O[B]Oc1ccc(-c2cccc3oc4ccccc4c23)cc1. The lowest BCUT2D eigenvalue weighted by atomic mass is 9.80. The fourth-order valence-electron chi connectivity index (χ4n) is 11.1. The standard InChI is InChI=1S/C18H13BO3.C18H12BO3.2C18H13BO3.4C2H6/c20-19(21)13-10-8-12(9-11-13)14-5-3-6-16-15-4-1-2-7-17(15)22-18(14)16;20-19-22-13-10-8-12(9-11-13)14-5-3-7-17-18(14)15-4-1-2-6-16(15)21-17;20-19(21)14-8-5-12(6-9-14)13-7-10-18-16(11-13)15-3-1-2-4-17(15)22-18;20-19(21)14-8-5-12(6-9-14)13-7-10-16-15-3-1-2-4-17(15)22-18(16)11-13;4*1-2/h1-11,20-21H;1-11,20H;2*1-11,20-21H;4*1-2H3. The largest absolute Gasteiger partial charge is 0.569 e. The molecule has 479 valence electrons. The Morgan fingerprint density at radius 1 is 0.271 bits per heavy atom. The van der Waals surface area contributed by atoms with E-state index in [1.54, 1.807) is 36.4 Å². The van der Waals surface area contributed by atoms with Crippen molar-refractivity contribution in [1.82, 2.24) is 0 Å². The maximum atomic E-state index is 9.19. The summed E-state index contributed by atoms with van der Waals surface area (Å²) in [5, 5.41) is 72.5. The maximum absolute atomic E-state index is 9.19. The van der Waals surface area contributed by atoms with Crippen LogP contribution in [0.3, 0.4) is 0 Å². The number of fused-ring (bicyclic) bond motifs is 12. The summed E-state index contributed by atoms with van der Waals surface area (Å²) in [5.74, 6) is 0.593. The van der Waals surface area contributed by atoms with Crippen LogP contribution < -0.4 is 21.0 Å². The van der Waals surface area contributed by atoms with Crippen LogP contribution in [0.4, 0.5) is 0 Å². The molecule has 1 radical (unpaired) electrons. The van der Waals surface area contributed by atoms with E-state index in [9.17, 15) is 10.0 Å². The van der Waals surface area contributed by atoms with Crippen molar-refractivity contribution in [2.75, 3.05) is 0 Å². The predicted molar refractivity (Wildman–Crippen MR) is 400 cm³/mol. The highest BCUT2D eigenvalue weighted by atomic mass is 16.5. The van der Waals surface area contributed by atoms with Crippen molar-refractivity contribution < 1.29 is 57.5 Å². The van der Waals surface area contributed by atoms with Crippen LogP contribution in [0.2, 0.25) is 0 Å². The molecule has 7 N–H and O–H groups in total. The van der Waals surface area contributed by atoms with Gasteiger partial charge < -0.3 is 57.5 Å². The predicted octanol–water partition coefficient (Wildman–Crippen LogP) is 17.1. The molecule has 12 nitrogen and oxygen atoms in total. The zero-order chi connectivity index (χ0) is 68.3. The molecule has 0 unspecified atom stereocenters. The molecule has 12 aromatic carbocycles. The van der Waals surface area contributed by atoms with Gasteiger partial charge in [0.15, 0.2) is 0 Å². The van der Waals surface area contributed by atoms with E-state index >= 15 is 0 Å². The quantitative estimate of drug-likeness (QED) is 0.0675. The van der Waals surface area contributed by atoms with Gasteiger partial charge in [0.1, 0.15) is 50.4 Å². The molecule has 0 amide bonds. The maximum Gasteiger partial charge on any atom is 0.569 e. The molecule has 4 aromatic heterocycles. The molecular weight excluding hydrogens is 1200 g/mol. The number of hydrogen-bond acceptors (Lipinski definition) is 12. The van der Waals surface area contributed by atoms with E-state index in [4.69, 9.17) is 47.4 Å². The molecule has 0 spiro atoms. The summed E-state index contributed by atoms with van der Waals surface area (Å²) in [5.41, 5.74) is 16.7. The van der Waals surface area contributed by atoms with Gasteiger partial charge in [-0.2, -0.15) is 0 Å². The highest BCUT2D eigenvalue weighted by Crippen LogP contribution is 2.39. The van der Waals surface area contributed by atoms with Crippen molar-refractivity contribution in [2.24, 2.45) is 0 Å².